The summed E-state index contributed by atoms with van der Waals surface area (Å²) in [7, 11) is 0. The first kappa shape index (κ1) is 14.6. The zero-order valence-corrected chi connectivity index (χ0v) is 11.6. The van der Waals surface area contributed by atoms with Gasteiger partial charge in [0.05, 0.1) is 17.3 Å². The lowest BCUT2D eigenvalue weighted by Gasteiger charge is -2.12. The van der Waals surface area contributed by atoms with Gasteiger partial charge in [0.1, 0.15) is 5.82 Å². The normalized spacial score (nSPS) is 12.0. The number of imidazole rings is 1. The molecule has 22 heavy (non-hydrogen) atoms. The maximum absolute atomic E-state index is 13.0. The molecule has 0 bridgehead atoms. The Morgan fingerprint density at radius 2 is 1.91 bits per heavy atom. The van der Waals surface area contributed by atoms with Gasteiger partial charge in [0.15, 0.2) is 0 Å². The van der Waals surface area contributed by atoms with Gasteiger partial charge < -0.3 is 10.1 Å². The second-order valence-electron chi connectivity index (χ2n) is 5.04. The SMILES string of the molecule is NCc1ccn2c(Cc3ccccc3C(F)(F)F)ncc2c1. The van der Waals surface area contributed by atoms with E-state index in [2.05, 4.69) is 4.98 Å². The Kier molecular flexibility index (Phi) is 3.62. The molecule has 0 radical (unpaired) electrons. The summed E-state index contributed by atoms with van der Waals surface area (Å²) in [4.78, 5) is 4.24. The Morgan fingerprint density at radius 1 is 1.14 bits per heavy atom. The standard InChI is InChI=1S/C16H14F3N3/c17-16(18,19)14-4-2-1-3-12(14)8-15-21-10-13-7-11(9-20)5-6-22(13)15/h1-7,10H,8-9,20H2. The van der Waals surface area contributed by atoms with Gasteiger partial charge in [-0.3, -0.25) is 0 Å². The van der Waals surface area contributed by atoms with Crippen LogP contribution in [-0.2, 0) is 19.1 Å². The highest BCUT2D eigenvalue weighted by Crippen LogP contribution is 2.32. The topological polar surface area (TPSA) is 43.3 Å². The predicted octanol–water partition coefficient (Wildman–Crippen LogP) is 3.40. The van der Waals surface area contributed by atoms with Crippen molar-refractivity contribution >= 4 is 5.52 Å². The predicted molar refractivity (Wildman–Crippen MR) is 77.3 cm³/mol. The number of hydrogen-bond donors (Lipinski definition) is 1. The monoisotopic (exact) mass is 305 g/mol. The number of benzene rings is 1. The molecule has 0 spiro atoms. The third-order valence-electron chi connectivity index (χ3n) is 3.58. The highest BCUT2D eigenvalue weighted by molar-refractivity contribution is 5.49. The summed E-state index contributed by atoms with van der Waals surface area (Å²) in [5.74, 6) is 0.565. The number of hydrogen-bond acceptors (Lipinski definition) is 2. The number of fused-ring (bicyclic) bond motifs is 1. The fraction of sp³-hybridized carbons (Fsp3) is 0.188. The van der Waals surface area contributed by atoms with Crippen LogP contribution in [0.4, 0.5) is 13.2 Å². The van der Waals surface area contributed by atoms with E-state index in [-0.39, 0.29) is 12.0 Å². The summed E-state index contributed by atoms with van der Waals surface area (Å²) in [6.07, 6.45) is -0.817. The highest BCUT2D eigenvalue weighted by atomic mass is 19.4. The van der Waals surface area contributed by atoms with E-state index in [0.29, 0.717) is 12.4 Å². The van der Waals surface area contributed by atoms with Crippen LogP contribution in [0.5, 0.6) is 0 Å². The van der Waals surface area contributed by atoms with Crippen molar-refractivity contribution in [3.05, 3.63) is 71.3 Å². The van der Waals surface area contributed by atoms with Crippen molar-refractivity contribution in [1.29, 1.82) is 0 Å². The zero-order chi connectivity index (χ0) is 15.7. The van der Waals surface area contributed by atoms with Crippen LogP contribution in [0, 0.1) is 0 Å². The molecule has 0 amide bonds. The molecule has 3 rings (SSSR count). The van der Waals surface area contributed by atoms with Crippen molar-refractivity contribution in [2.24, 2.45) is 5.73 Å². The average molecular weight is 305 g/mol. The molecule has 2 N–H and O–H groups in total. The maximum Gasteiger partial charge on any atom is 0.416 e. The lowest BCUT2D eigenvalue weighted by atomic mass is 10.0. The van der Waals surface area contributed by atoms with Crippen molar-refractivity contribution in [2.75, 3.05) is 0 Å². The molecule has 1 aromatic carbocycles. The molecule has 114 valence electrons. The largest absolute Gasteiger partial charge is 0.416 e. The lowest BCUT2D eigenvalue weighted by Crippen LogP contribution is -2.10. The van der Waals surface area contributed by atoms with Gasteiger partial charge in [-0.2, -0.15) is 13.2 Å². The second-order valence-corrected chi connectivity index (χ2v) is 5.04. The van der Waals surface area contributed by atoms with Crippen LogP contribution in [0.15, 0.2) is 48.8 Å². The van der Waals surface area contributed by atoms with Crippen molar-refractivity contribution in [3.63, 3.8) is 0 Å². The number of nitrogens with zero attached hydrogens (tertiary/aromatic N) is 2. The second kappa shape index (κ2) is 5.46. The third-order valence-corrected chi connectivity index (χ3v) is 3.58. The first-order valence-electron chi connectivity index (χ1n) is 6.79. The molecular weight excluding hydrogens is 291 g/mol. The zero-order valence-electron chi connectivity index (χ0n) is 11.6. The van der Waals surface area contributed by atoms with Crippen molar-refractivity contribution in [1.82, 2.24) is 9.38 Å². The van der Waals surface area contributed by atoms with Gasteiger partial charge in [0, 0.05) is 19.2 Å². The van der Waals surface area contributed by atoms with Crippen molar-refractivity contribution < 1.29 is 13.2 Å². The number of nitrogens with two attached hydrogens (primary N) is 1. The molecule has 0 unspecified atom stereocenters. The highest BCUT2D eigenvalue weighted by Gasteiger charge is 2.33. The van der Waals surface area contributed by atoms with Crippen LogP contribution in [-0.4, -0.2) is 9.38 Å². The quantitative estimate of drug-likeness (QED) is 0.806. The summed E-state index contributed by atoms with van der Waals surface area (Å²) in [5, 5.41) is 0. The van der Waals surface area contributed by atoms with Crippen LogP contribution in [0.2, 0.25) is 0 Å². The first-order valence-corrected chi connectivity index (χ1v) is 6.79. The number of alkyl halides is 3. The summed E-state index contributed by atoms with van der Waals surface area (Å²) >= 11 is 0. The molecule has 6 heteroatoms. The molecule has 0 aliphatic heterocycles. The van der Waals surface area contributed by atoms with Gasteiger partial charge >= 0.3 is 6.18 Å². The first-order chi connectivity index (χ1) is 10.5. The molecule has 2 heterocycles. The minimum Gasteiger partial charge on any atom is -0.326 e. The Hall–Kier alpha value is -2.34. The minimum absolute atomic E-state index is 0.117. The molecule has 2 aromatic heterocycles. The van der Waals surface area contributed by atoms with E-state index in [0.717, 1.165) is 17.1 Å². The van der Waals surface area contributed by atoms with E-state index < -0.39 is 11.7 Å². The van der Waals surface area contributed by atoms with E-state index in [4.69, 9.17) is 5.73 Å². The summed E-state index contributed by atoms with van der Waals surface area (Å²) in [6.45, 7) is 0.411. The van der Waals surface area contributed by atoms with E-state index in [1.807, 2.05) is 12.1 Å². The van der Waals surface area contributed by atoms with Crippen LogP contribution in [0.25, 0.3) is 5.52 Å². The Labute approximate surface area is 125 Å². The molecule has 0 fully saturated rings. The third kappa shape index (κ3) is 2.69. The van der Waals surface area contributed by atoms with E-state index >= 15 is 0 Å². The summed E-state index contributed by atoms with van der Waals surface area (Å²) in [6, 6.07) is 9.30. The Bertz CT molecular complexity index is 806. The van der Waals surface area contributed by atoms with Gasteiger partial charge in [-0.15, -0.1) is 0 Å². The van der Waals surface area contributed by atoms with E-state index in [1.165, 1.54) is 12.1 Å². The average Bonchev–Trinajstić information content (AvgIpc) is 2.89. The van der Waals surface area contributed by atoms with Gasteiger partial charge in [-0.1, -0.05) is 18.2 Å². The smallest absolute Gasteiger partial charge is 0.326 e. The molecule has 0 aliphatic rings. The van der Waals surface area contributed by atoms with Gasteiger partial charge in [-0.25, -0.2) is 4.98 Å². The molecule has 0 atom stereocenters. The number of halogens is 3. The maximum atomic E-state index is 13.0. The number of aromatic nitrogens is 2. The fourth-order valence-electron chi connectivity index (χ4n) is 2.48. The van der Waals surface area contributed by atoms with Crippen molar-refractivity contribution in [3.8, 4) is 0 Å². The van der Waals surface area contributed by atoms with Crippen LogP contribution >= 0.6 is 0 Å². The van der Waals surface area contributed by atoms with Crippen LogP contribution in [0.1, 0.15) is 22.5 Å². The van der Waals surface area contributed by atoms with E-state index in [1.54, 1.807) is 22.9 Å². The van der Waals surface area contributed by atoms with Crippen LogP contribution in [0.3, 0.4) is 0 Å². The van der Waals surface area contributed by atoms with Gasteiger partial charge in [0.2, 0.25) is 0 Å². The van der Waals surface area contributed by atoms with Crippen molar-refractivity contribution in [2.45, 2.75) is 19.1 Å². The number of pyridine rings is 1. The lowest BCUT2D eigenvalue weighted by molar-refractivity contribution is -0.138. The molecule has 0 saturated heterocycles. The summed E-state index contributed by atoms with van der Waals surface area (Å²) in [5.41, 5.74) is 6.95. The molecule has 0 aliphatic carbocycles. The number of rotatable bonds is 3. The van der Waals surface area contributed by atoms with Gasteiger partial charge in [-0.05, 0) is 29.3 Å². The molecule has 3 nitrogen and oxygen atoms in total. The minimum atomic E-state index is -4.36. The Balaban J connectivity index is 2.01. The van der Waals surface area contributed by atoms with Gasteiger partial charge in [0.25, 0.3) is 0 Å². The van der Waals surface area contributed by atoms with Crippen LogP contribution < -0.4 is 5.73 Å². The fourth-order valence-corrected chi connectivity index (χ4v) is 2.48. The van der Waals surface area contributed by atoms with E-state index in [9.17, 15) is 13.2 Å². The summed E-state index contributed by atoms with van der Waals surface area (Å²) < 4.78 is 40.9. The Morgan fingerprint density at radius 3 is 2.64 bits per heavy atom. The molecular formula is C16H14F3N3. The molecule has 3 aromatic rings. The molecule has 0 saturated carbocycles.